The van der Waals surface area contributed by atoms with Crippen LogP contribution in [0.15, 0.2) is 30.9 Å². The fraction of sp³-hybridized carbons (Fsp3) is 0.480. The first-order valence-corrected chi connectivity index (χ1v) is 14.3. The largest absolute Gasteiger partial charge is 0.420 e. The minimum Gasteiger partial charge on any atom is -0.351 e. The molecule has 0 aliphatic carbocycles. The molecule has 0 bridgehead atoms. The maximum Gasteiger partial charge on any atom is 0.420 e. The molecule has 0 amide bonds. The zero-order valence-corrected chi connectivity index (χ0v) is 22.9. The number of aryl methyl sites for hydroxylation is 1. The number of rotatable bonds is 8. The van der Waals surface area contributed by atoms with E-state index in [1.807, 2.05) is 19.9 Å². The molecule has 14 heteroatoms. The maximum atomic E-state index is 15.1. The molecule has 1 fully saturated rings. The SMILES string of the molecule is Cc1cc(CNC(C)C)cc(F)c1-n1cnc(-c2nc(NC3CCN(S(C)(=O)=O)CC3)ncc2C(F)(F)F)c1. The molecule has 212 valence electrons. The zero-order chi connectivity index (χ0) is 28.5. The molecule has 1 saturated heterocycles. The highest BCUT2D eigenvalue weighted by Crippen LogP contribution is 2.36. The monoisotopic (exact) mass is 569 g/mol. The van der Waals surface area contributed by atoms with Gasteiger partial charge in [0.15, 0.2) is 0 Å². The second-order valence-electron chi connectivity index (χ2n) is 9.98. The molecule has 9 nitrogen and oxygen atoms in total. The van der Waals surface area contributed by atoms with Crippen molar-refractivity contribution in [1.29, 1.82) is 0 Å². The molecule has 0 unspecified atom stereocenters. The van der Waals surface area contributed by atoms with Crippen molar-refractivity contribution in [2.45, 2.75) is 58.4 Å². The predicted octanol–water partition coefficient (Wildman–Crippen LogP) is 4.13. The average Bonchev–Trinajstić information content (AvgIpc) is 3.31. The van der Waals surface area contributed by atoms with E-state index in [0.717, 1.165) is 11.8 Å². The Bertz CT molecular complexity index is 1410. The van der Waals surface area contributed by atoms with Gasteiger partial charge in [-0.15, -0.1) is 0 Å². The second kappa shape index (κ2) is 11.2. The standard InChI is InChI=1S/C25H31F4N7O2S/c1-15(2)30-11-17-9-16(3)23(20(26)10-17)35-13-21(32-14-35)22-19(25(27,28)29)12-31-24(34-22)33-18-5-7-36(8-6-18)39(4,37)38/h9-10,12-15,18,30H,5-8,11H2,1-4H3,(H,31,33,34). The van der Waals surface area contributed by atoms with Gasteiger partial charge in [-0.1, -0.05) is 19.9 Å². The van der Waals surface area contributed by atoms with E-state index in [1.165, 1.54) is 27.5 Å². The molecule has 1 aliphatic rings. The molecular weight excluding hydrogens is 538 g/mol. The van der Waals surface area contributed by atoms with Gasteiger partial charge < -0.3 is 15.2 Å². The van der Waals surface area contributed by atoms with Crippen molar-refractivity contribution in [2.75, 3.05) is 24.7 Å². The highest BCUT2D eigenvalue weighted by molar-refractivity contribution is 7.88. The predicted molar refractivity (Wildman–Crippen MR) is 139 cm³/mol. The highest BCUT2D eigenvalue weighted by Gasteiger charge is 2.36. The van der Waals surface area contributed by atoms with Crippen molar-refractivity contribution in [2.24, 2.45) is 0 Å². The van der Waals surface area contributed by atoms with Crippen LogP contribution in [0.3, 0.4) is 0 Å². The Hall–Kier alpha value is -3.10. The van der Waals surface area contributed by atoms with Gasteiger partial charge in [0.2, 0.25) is 16.0 Å². The lowest BCUT2D eigenvalue weighted by atomic mass is 10.1. The molecule has 2 N–H and O–H groups in total. The van der Waals surface area contributed by atoms with Crippen molar-refractivity contribution < 1.29 is 26.0 Å². The lowest BCUT2D eigenvalue weighted by molar-refractivity contribution is -0.137. The molecule has 4 rings (SSSR count). The summed E-state index contributed by atoms with van der Waals surface area (Å²) >= 11 is 0. The van der Waals surface area contributed by atoms with E-state index in [9.17, 15) is 21.6 Å². The van der Waals surface area contributed by atoms with Crippen LogP contribution < -0.4 is 10.6 Å². The number of anilines is 1. The maximum absolute atomic E-state index is 15.1. The molecular formula is C25H31F4N7O2S. The second-order valence-corrected chi connectivity index (χ2v) is 12.0. The van der Waals surface area contributed by atoms with E-state index in [4.69, 9.17) is 0 Å². The Labute approximate surface area is 224 Å². The minimum atomic E-state index is -4.75. The molecule has 0 spiro atoms. The molecule has 39 heavy (non-hydrogen) atoms. The fourth-order valence-corrected chi connectivity index (χ4v) is 5.37. The smallest absolute Gasteiger partial charge is 0.351 e. The summed E-state index contributed by atoms with van der Waals surface area (Å²) in [5.41, 5.74) is -0.0811. The van der Waals surface area contributed by atoms with Crippen LogP contribution in [-0.2, 0) is 22.7 Å². The van der Waals surface area contributed by atoms with E-state index < -0.39 is 33.3 Å². The number of hydrogen-bond acceptors (Lipinski definition) is 7. The molecule has 0 atom stereocenters. The van der Waals surface area contributed by atoms with E-state index in [-0.39, 0.29) is 42.5 Å². The number of hydrogen-bond donors (Lipinski definition) is 2. The Balaban J connectivity index is 1.61. The highest BCUT2D eigenvalue weighted by atomic mass is 32.2. The van der Waals surface area contributed by atoms with Crippen molar-refractivity contribution in [3.63, 3.8) is 0 Å². The van der Waals surface area contributed by atoms with E-state index >= 15 is 4.39 Å². The number of alkyl halides is 3. The van der Waals surface area contributed by atoms with Crippen LogP contribution in [0.25, 0.3) is 17.1 Å². The van der Waals surface area contributed by atoms with Crippen LogP contribution >= 0.6 is 0 Å². The zero-order valence-electron chi connectivity index (χ0n) is 22.0. The van der Waals surface area contributed by atoms with Crippen LogP contribution in [0.2, 0.25) is 0 Å². The van der Waals surface area contributed by atoms with Gasteiger partial charge in [0, 0.05) is 44.1 Å². The van der Waals surface area contributed by atoms with Gasteiger partial charge in [0.05, 0.1) is 11.9 Å². The molecule has 0 radical (unpaired) electrons. The van der Waals surface area contributed by atoms with Gasteiger partial charge in [0.25, 0.3) is 0 Å². The number of nitrogens with one attached hydrogen (secondary N) is 2. The summed E-state index contributed by atoms with van der Waals surface area (Å²) in [6.45, 7) is 6.73. The molecule has 1 aliphatic heterocycles. The van der Waals surface area contributed by atoms with Crippen LogP contribution in [0.1, 0.15) is 43.4 Å². The van der Waals surface area contributed by atoms with Crippen LogP contribution in [-0.4, -0.2) is 63.7 Å². The summed E-state index contributed by atoms with van der Waals surface area (Å²) in [6, 6.07) is 3.21. The Kier molecular flexibility index (Phi) is 8.28. The number of halogens is 4. The number of nitrogens with zero attached hydrogens (tertiary/aromatic N) is 5. The molecule has 0 saturated carbocycles. The summed E-state index contributed by atoms with van der Waals surface area (Å²) in [6.07, 6.45) is 0.539. The third-order valence-corrected chi connectivity index (χ3v) is 7.77. The third kappa shape index (κ3) is 6.92. The molecule has 3 heterocycles. The van der Waals surface area contributed by atoms with E-state index in [0.29, 0.717) is 31.1 Å². The normalized spacial score (nSPS) is 15.7. The summed E-state index contributed by atoms with van der Waals surface area (Å²) < 4.78 is 82.8. The summed E-state index contributed by atoms with van der Waals surface area (Å²) in [5, 5.41) is 6.24. The first-order valence-electron chi connectivity index (χ1n) is 12.5. The van der Waals surface area contributed by atoms with Gasteiger partial charge in [-0.2, -0.15) is 13.2 Å². The Morgan fingerprint density at radius 1 is 1.15 bits per heavy atom. The van der Waals surface area contributed by atoms with Crippen molar-refractivity contribution in [3.05, 3.63) is 53.4 Å². The van der Waals surface area contributed by atoms with Gasteiger partial charge in [0.1, 0.15) is 29.1 Å². The average molecular weight is 570 g/mol. The lowest BCUT2D eigenvalue weighted by Gasteiger charge is -2.30. The number of sulfonamides is 1. The van der Waals surface area contributed by atoms with Crippen LogP contribution in [0.4, 0.5) is 23.5 Å². The van der Waals surface area contributed by atoms with Gasteiger partial charge in [-0.05, 0) is 37.0 Å². The summed E-state index contributed by atoms with van der Waals surface area (Å²) in [7, 11) is -3.31. The van der Waals surface area contributed by atoms with Crippen LogP contribution in [0.5, 0.6) is 0 Å². The minimum absolute atomic E-state index is 0.0327. The Morgan fingerprint density at radius 3 is 2.44 bits per heavy atom. The first kappa shape index (κ1) is 28.9. The van der Waals surface area contributed by atoms with Gasteiger partial charge >= 0.3 is 6.18 Å². The van der Waals surface area contributed by atoms with Crippen molar-refractivity contribution in [3.8, 4) is 17.1 Å². The third-order valence-electron chi connectivity index (χ3n) is 6.46. The number of piperidine rings is 1. The van der Waals surface area contributed by atoms with Gasteiger partial charge in [-0.25, -0.2) is 32.1 Å². The molecule has 1 aromatic carbocycles. The molecule has 2 aromatic heterocycles. The summed E-state index contributed by atoms with van der Waals surface area (Å²) in [5.74, 6) is -0.559. The van der Waals surface area contributed by atoms with Crippen LogP contribution in [0, 0.1) is 12.7 Å². The number of benzene rings is 1. The van der Waals surface area contributed by atoms with Gasteiger partial charge in [-0.3, -0.25) is 0 Å². The van der Waals surface area contributed by atoms with E-state index in [2.05, 4.69) is 25.6 Å². The topological polar surface area (TPSA) is 105 Å². The summed E-state index contributed by atoms with van der Waals surface area (Å²) in [4.78, 5) is 12.1. The fourth-order valence-electron chi connectivity index (χ4n) is 4.49. The van der Waals surface area contributed by atoms with Crippen molar-refractivity contribution >= 4 is 16.0 Å². The van der Waals surface area contributed by atoms with Crippen molar-refractivity contribution in [1.82, 2.24) is 29.1 Å². The Morgan fingerprint density at radius 2 is 1.85 bits per heavy atom. The lowest BCUT2D eigenvalue weighted by Crippen LogP contribution is -2.42. The molecule has 3 aromatic rings. The number of aromatic nitrogens is 4. The first-order chi connectivity index (χ1) is 18.2. The van der Waals surface area contributed by atoms with E-state index in [1.54, 1.807) is 6.92 Å². The number of imidazole rings is 1. The quantitative estimate of drug-likeness (QED) is 0.393.